The predicted molar refractivity (Wildman–Crippen MR) is 134 cm³/mol. The van der Waals surface area contributed by atoms with E-state index in [-0.39, 0.29) is 5.82 Å². The van der Waals surface area contributed by atoms with Gasteiger partial charge in [-0.15, -0.1) is 0 Å². The number of benzene rings is 3. The van der Waals surface area contributed by atoms with E-state index < -0.39 is 0 Å². The number of nitrogens with zero attached hydrogens (tertiary/aromatic N) is 4. The van der Waals surface area contributed by atoms with Crippen molar-refractivity contribution in [2.75, 3.05) is 26.2 Å². The normalized spacial score (nSPS) is 14.4. The maximum Gasteiger partial charge on any atom is 0.167 e. The Morgan fingerprint density at radius 2 is 1.58 bits per heavy atom. The smallest absolute Gasteiger partial charge is 0.167 e. The standard InChI is InChI=1S/C29H27FN4O2/c30-26-8-4-22(5-9-26)19-33-12-14-34(15-13-33)20-27-17-29(36-32-27)25-6-10-28(11-7-25)35-21-24-3-1-2-23(16-24)18-31/h1-11,16-17H,12-15,19-21H2. The highest BCUT2D eigenvalue weighted by molar-refractivity contribution is 5.58. The van der Waals surface area contributed by atoms with Crippen molar-refractivity contribution >= 4 is 0 Å². The third-order valence-electron chi connectivity index (χ3n) is 6.33. The summed E-state index contributed by atoms with van der Waals surface area (Å²) in [6.07, 6.45) is 0. The summed E-state index contributed by atoms with van der Waals surface area (Å²) in [6.45, 7) is 5.82. The third kappa shape index (κ3) is 6.16. The van der Waals surface area contributed by atoms with Crippen LogP contribution in [0.15, 0.2) is 83.4 Å². The van der Waals surface area contributed by atoms with E-state index in [9.17, 15) is 4.39 Å². The van der Waals surface area contributed by atoms with Gasteiger partial charge >= 0.3 is 0 Å². The molecule has 3 aromatic carbocycles. The van der Waals surface area contributed by atoms with Gasteiger partial charge in [-0.1, -0.05) is 29.4 Å². The molecule has 0 saturated carbocycles. The molecule has 5 rings (SSSR count). The topological polar surface area (TPSA) is 65.5 Å². The summed E-state index contributed by atoms with van der Waals surface area (Å²) in [5, 5.41) is 13.3. The summed E-state index contributed by atoms with van der Waals surface area (Å²) in [5.41, 5.74) is 4.57. The minimum Gasteiger partial charge on any atom is -0.489 e. The van der Waals surface area contributed by atoms with Crippen LogP contribution in [0.4, 0.5) is 4.39 Å². The van der Waals surface area contributed by atoms with E-state index in [0.29, 0.717) is 12.2 Å². The number of piperazine rings is 1. The van der Waals surface area contributed by atoms with Gasteiger partial charge in [0.1, 0.15) is 18.2 Å². The zero-order chi connectivity index (χ0) is 24.7. The molecule has 0 atom stereocenters. The lowest BCUT2D eigenvalue weighted by Gasteiger charge is -2.34. The summed E-state index contributed by atoms with van der Waals surface area (Å²) < 4.78 is 24.6. The van der Waals surface area contributed by atoms with Crippen molar-refractivity contribution in [1.82, 2.24) is 15.0 Å². The van der Waals surface area contributed by atoms with Gasteiger partial charge in [-0.05, 0) is 59.7 Å². The maximum absolute atomic E-state index is 13.1. The Bertz CT molecular complexity index is 1320. The van der Waals surface area contributed by atoms with E-state index in [4.69, 9.17) is 14.5 Å². The number of rotatable bonds is 8. The lowest BCUT2D eigenvalue weighted by atomic mass is 10.1. The molecular weight excluding hydrogens is 455 g/mol. The summed E-state index contributed by atoms with van der Waals surface area (Å²) in [7, 11) is 0. The van der Waals surface area contributed by atoms with Crippen LogP contribution < -0.4 is 4.74 Å². The van der Waals surface area contributed by atoms with Crippen LogP contribution in [0, 0.1) is 17.1 Å². The maximum atomic E-state index is 13.1. The van der Waals surface area contributed by atoms with Gasteiger partial charge in [0.15, 0.2) is 5.76 Å². The first-order chi connectivity index (χ1) is 17.6. The number of ether oxygens (including phenoxy) is 1. The van der Waals surface area contributed by atoms with E-state index >= 15 is 0 Å². The van der Waals surface area contributed by atoms with Crippen LogP contribution in [0.1, 0.15) is 22.4 Å². The largest absolute Gasteiger partial charge is 0.489 e. The average Bonchev–Trinajstić information content (AvgIpc) is 3.39. The van der Waals surface area contributed by atoms with Crippen molar-refractivity contribution in [1.29, 1.82) is 5.26 Å². The Kier molecular flexibility index (Phi) is 7.36. The molecule has 0 spiro atoms. The van der Waals surface area contributed by atoms with Crippen molar-refractivity contribution in [3.63, 3.8) is 0 Å². The Balaban J connectivity index is 1.10. The fraction of sp³-hybridized carbons (Fsp3) is 0.241. The van der Waals surface area contributed by atoms with E-state index in [2.05, 4.69) is 21.0 Å². The average molecular weight is 483 g/mol. The van der Waals surface area contributed by atoms with Gasteiger partial charge in [0.25, 0.3) is 0 Å². The molecule has 1 aromatic heterocycles. The molecule has 1 fully saturated rings. The fourth-order valence-electron chi connectivity index (χ4n) is 4.32. The highest BCUT2D eigenvalue weighted by Crippen LogP contribution is 2.24. The van der Waals surface area contributed by atoms with E-state index in [1.54, 1.807) is 6.07 Å². The summed E-state index contributed by atoms with van der Waals surface area (Å²) >= 11 is 0. The van der Waals surface area contributed by atoms with Crippen molar-refractivity contribution < 1.29 is 13.7 Å². The van der Waals surface area contributed by atoms with Crippen molar-refractivity contribution in [2.24, 2.45) is 0 Å². The minimum atomic E-state index is -0.196. The van der Waals surface area contributed by atoms with Crippen LogP contribution in [0.25, 0.3) is 11.3 Å². The first-order valence-corrected chi connectivity index (χ1v) is 12.0. The molecule has 0 aliphatic carbocycles. The predicted octanol–water partition coefficient (Wildman–Crippen LogP) is 5.25. The molecule has 1 aliphatic rings. The summed E-state index contributed by atoms with van der Waals surface area (Å²) in [6, 6.07) is 26.0. The fourth-order valence-corrected chi connectivity index (χ4v) is 4.32. The lowest BCUT2D eigenvalue weighted by Crippen LogP contribution is -2.45. The number of hydrogen-bond acceptors (Lipinski definition) is 6. The molecule has 182 valence electrons. The van der Waals surface area contributed by atoms with Gasteiger partial charge < -0.3 is 9.26 Å². The van der Waals surface area contributed by atoms with Gasteiger partial charge in [0, 0.05) is 50.9 Å². The van der Waals surface area contributed by atoms with Crippen LogP contribution in [-0.4, -0.2) is 41.1 Å². The monoisotopic (exact) mass is 482 g/mol. The summed E-state index contributed by atoms with van der Waals surface area (Å²) in [4.78, 5) is 4.77. The first-order valence-electron chi connectivity index (χ1n) is 12.0. The number of halogens is 1. The van der Waals surface area contributed by atoms with Crippen molar-refractivity contribution in [3.8, 4) is 23.1 Å². The number of nitriles is 1. The molecule has 2 heterocycles. The SMILES string of the molecule is N#Cc1cccc(COc2ccc(-c3cc(CN4CCN(Cc5ccc(F)cc5)CC4)no3)cc2)c1. The molecule has 0 N–H and O–H groups in total. The molecule has 0 radical (unpaired) electrons. The van der Waals surface area contributed by atoms with E-state index in [0.717, 1.165) is 73.2 Å². The van der Waals surface area contributed by atoms with Crippen molar-refractivity contribution in [3.05, 3.63) is 107 Å². The van der Waals surface area contributed by atoms with Gasteiger partial charge in [-0.25, -0.2) is 4.39 Å². The Morgan fingerprint density at radius 3 is 2.31 bits per heavy atom. The number of hydrogen-bond donors (Lipinski definition) is 0. The van der Waals surface area contributed by atoms with E-state index in [1.807, 2.05) is 60.7 Å². The zero-order valence-electron chi connectivity index (χ0n) is 19.9. The van der Waals surface area contributed by atoms with E-state index in [1.165, 1.54) is 12.1 Å². The molecule has 0 unspecified atom stereocenters. The molecule has 7 heteroatoms. The van der Waals surface area contributed by atoms with Crippen LogP contribution in [0.5, 0.6) is 5.75 Å². The second-order valence-electron chi connectivity index (χ2n) is 8.99. The van der Waals surface area contributed by atoms with Crippen molar-refractivity contribution in [2.45, 2.75) is 19.7 Å². The summed E-state index contributed by atoms with van der Waals surface area (Å²) in [5.74, 6) is 1.28. The molecule has 1 saturated heterocycles. The highest BCUT2D eigenvalue weighted by Gasteiger charge is 2.19. The zero-order valence-corrected chi connectivity index (χ0v) is 19.9. The second-order valence-corrected chi connectivity index (χ2v) is 8.99. The number of aromatic nitrogens is 1. The molecule has 4 aromatic rings. The van der Waals surface area contributed by atoms with Gasteiger partial charge in [0.2, 0.25) is 0 Å². The van der Waals surface area contributed by atoms with Gasteiger partial charge in [-0.3, -0.25) is 9.80 Å². The molecular formula is C29H27FN4O2. The lowest BCUT2D eigenvalue weighted by molar-refractivity contribution is 0.120. The molecule has 6 nitrogen and oxygen atoms in total. The van der Waals surface area contributed by atoms with Crippen LogP contribution in [0.2, 0.25) is 0 Å². The quantitative estimate of drug-likeness (QED) is 0.342. The van der Waals surface area contributed by atoms with Crippen LogP contribution in [-0.2, 0) is 19.7 Å². The third-order valence-corrected chi connectivity index (χ3v) is 6.33. The Hall–Kier alpha value is -3.99. The van der Waals surface area contributed by atoms with Crippen LogP contribution >= 0.6 is 0 Å². The second kappa shape index (κ2) is 11.2. The van der Waals surface area contributed by atoms with Crippen LogP contribution in [0.3, 0.4) is 0 Å². The Labute approximate surface area is 210 Å². The minimum absolute atomic E-state index is 0.196. The first kappa shape index (κ1) is 23.7. The molecule has 0 bridgehead atoms. The Morgan fingerprint density at radius 1 is 0.861 bits per heavy atom. The molecule has 1 aliphatic heterocycles. The van der Waals surface area contributed by atoms with Gasteiger partial charge in [0.05, 0.1) is 17.3 Å². The molecule has 36 heavy (non-hydrogen) atoms. The van der Waals surface area contributed by atoms with Gasteiger partial charge in [-0.2, -0.15) is 5.26 Å². The highest BCUT2D eigenvalue weighted by atomic mass is 19.1. The molecule has 0 amide bonds.